The Hall–Kier alpha value is -3.20. The van der Waals surface area contributed by atoms with Crippen LogP contribution in [0.2, 0.25) is 0 Å². The summed E-state index contributed by atoms with van der Waals surface area (Å²) in [7, 11) is 9.52. The van der Waals surface area contributed by atoms with Crippen molar-refractivity contribution < 1.29 is 27.4 Å². The average molecular weight is 487 g/mol. The molecule has 0 atom stereocenters. The van der Waals surface area contributed by atoms with E-state index in [0.717, 1.165) is 31.6 Å². The van der Waals surface area contributed by atoms with Gasteiger partial charge in [-0.1, -0.05) is 10.9 Å². The maximum atomic E-state index is 14.1. The summed E-state index contributed by atoms with van der Waals surface area (Å²) in [5.41, 5.74) is 5.00. The van der Waals surface area contributed by atoms with Crippen LogP contribution < -0.4 is 45.8 Å². The lowest BCUT2D eigenvalue weighted by Crippen LogP contribution is -2.58. The second-order valence-electron chi connectivity index (χ2n) is 8.29. The number of benzene rings is 3. The van der Waals surface area contributed by atoms with Crippen molar-refractivity contribution in [2.45, 2.75) is 4.90 Å². The number of anilines is 1. The Morgan fingerprint density at radius 1 is 0.714 bits per heavy atom. The predicted octanol–water partition coefficient (Wildman–Crippen LogP) is -4.96. The van der Waals surface area contributed by atoms with E-state index in [2.05, 4.69) is 0 Å². The fraction of sp³-hybridized carbons (Fsp3) is 0.136. The van der Waals surface area contributed by atoms with Gasteiger partial charge in [0.1, 0.15) is 61.4 Å². The van der Waals surface area contributed by atoms with Crippen LogP contribution >= 0.6 is 0 Å². The number of carbonyl (C=O) groups excluding carboxylic acids is 1. The number of methoxy groups -OCH3 is 3. The molecule has 0 aromatic heterocycles. The van der Waals surface area contributed by atoms with Gasteiger partial charge in [0, 0.05) is 11.6 Å². The van der Waals surface area contributed by atoms with Crippen LogP contribution in [0.3, 0.4) is 0 Å². The maximum Gasteiger partial charge on any atom is 0.274 e. The van der Waals surface area contributed by atoms with Gasteiger partial charge in [-0.15, -0.1) is 16.4 Å². The zero-order chi connectivity index (χ0) is 26.1. The van der Waals surface area contributed by atoms with Crippen molar-refractivity contribution in [1.82, 2.24) is 0 Å². The number of carbonyl (C=O) groups is 1. The smallest absolute Gasteiger partial charge is 0.274 e. The van der Waals surface area contributed by atoms with Crippen LogP contribution in [0, 0.1) is 0 Å². The first-order valence-electron chi connectivity index (χ1n) is 11.0. The molecule has 0 aliphatic carbocycles. The van der Waals surface area contributed by atoms with Gasteiger partial charge >= 0.3 is 0 Å². The number of rotatable bonds is 7. The van der Waals surface area contributed by atoms with E-state index in [1.54, 1.807) is 24.3 Å². The molecule has 3 aromatic carbocycles. The molecule has 0 spiro atoms. The highest BCUT2D eigenvalue weighted by molar-refractivity contribution is 7.93. The monoisotopic (exact) mass is 487 g/mol. The lowest BCUT2D eigenvalue weighted by molar-refractivity contribution is 0.101. The average Bonchev–Trinajstić information content (AvgIpc) is 2.86. The van der Waals surface area contributed by atoms with Crippen LogP contribution in [0.1, 0.15) is 10.4 Å². The Bertz CT molecular complexity index is 1370. The molecule has 0 saturated heterocycles. The minimum absolute atomic E-state index is 0.0698. The summed E-state index contributed by atoms with van der Waals surface area (Å²) < 4.78 is 44.8. The molecule has 0 radical (unpaired) electrons. The van der Waals surface area contributed by atoms with Crippen molar-refractivity contribution in [3.8, 4) is 17.2 Å². The van der Waals surface area contributed by atoms with Gasteiger partial charge in [0.15, 0.2) is 0 Å². The molecule has 1 amide bonds. The Labute approximate surface area is 211 Å². The fourth-order valence-corrected chi connectivity index (χ4v) is 5.63. The van der Waals surface area contributed by atoms with Crippen LogP contribution in [-0.4, -0.2) is 74.9 Å². The SMILES string of the molecule is Bc1c(B)c(B)c(C(=O)N(c2ccc(OC)cc2)S(=O)(=O)c2ccc(OC)cc2OC)c(B)c1B. The first-order valence-corrected chi connectivity index (χ1v) is 12.5. The van der Waals surface area contributed by atoms with Gasteiger partial charge in [-0.25, -0.2) is 8.42 Å². The molecule has 0 heterocycles. The van der Waals surface area contributed by atoms with Crippen molar-refractivity contribution in [3.63, 3.8) is 0 Å². The van der Waals surface area contributed by atoms with Gasteiger partial charge in [-0.05, 0) is 36.4 Å². The molecule has 176 valence electrons. The molecule has 0 bridgehead atoms. The van der Waals surface area contributed by atoms with Gasteiger partial charge in [0.2, 0.25) is 0 Å². The molecular weight excluding hydrogens is 460 g/mol. The van der Waals surface area contributed by atoms with Crippen LogP contribution in [0.4, 0.5) is 5.69 Å². The molecule has 35 heavy (non-hydrogen) atoms. The van der Waals surface area contributed by atoms with E-state index in [4.69, 9.17) is 14.2 Å². The number of amides is 1. The van der Waals surface area contributed by atoms with Crippen LogP contribution in [0.15, 0.2) is 47.4 Å². The highest BCUT2D eigenvalue weighted by Crippen LogP contribution is 2.34. The van der Waals surface area contributed by atoms with Crippen molar-refractivity contribution in [2.75, 3.05) is 25.6 Å². The Kier molecular flexibility index (Phi) is 7.69. The molecule has 0 fully saturated rings. The summed E-state index contributed by atoms with van der Waals surface area (Å²) in [5.74, 6) is 0.393. The van der Waals surface area contributed by atoms with E-state index >= 15 is 0 Å². The Morgan fingerprint density at radius 2 is 1.20 bits per heavy atom. The molecule has 3 aromatic rings. The van der Waals surface area contributed by atoms with Crippen LogP contribution in [0.5, 0.6) is 17.2 Å². The van der Waals surface area contributed by atoms with E-state index < -0.39 is 15.9 Å². The highest BCUT2D eigenvalue weighted by Gasteiger charge is 2.36. The van der Waals surface area contributed by atoms with Crippen molar-refractivity contribution in [1.29, 1.82) is 0 Å². The maximum absolute atomic E-state index is 14.1. The normalized spacial score (nSPS) is 11.1. The third kappa shape index (κ3) is 4.69. The quantitative estimate of drug-likeness (QED) is 0.312. The molecular formula is C22H26B5NO6S. The topological polar surface area (TPSA) is 82.1 Å². The molecule has 0 aliphatic heterocycles. The van der Waals surface area contributed by atoms with Crippen molar-refractivity contribution >= 4 is 88.2 Å². The molecule has 0 unspecified atom stereocenters. The molecule has 0 aliphatic rings. The molecule has 7 nitrogen and oxygen atoms in total. The van der Waals surface area contributed by atoms with Crippen molar-refractivity contribution in [3.05, 3.63) is 48.0 Å². The number of hydrogen-bond acceptors (Lipinski definition) is 6. The Balaban J connectivity index is 2.33. The lowest BCUT2D eigenvalue weighted by Gasteiger charge is -2.27. The summed E-state index contributed by atoms with van der Waals surface area (Å²) >= 11 is 0. The summed E-state index contributed by atoms with van der Waals surface area (Å²) in [6, 6.07) is 10.7. The minimum Gasteiger partial charge on any atom is -0.497 e. The first kappa shape index (κ1) is 26.4. The highest BCUT2D eigenvalue weighted by atomic mass is 32.2. The number of hydrogen-bond donors (Lipinski definition) is 0. The summed E-state index contributed by atoms with van der Waals surface area (Å²) in [6.07, 6.45) is 0. The van der Waals surface area contributed by atoms with Crippen LogP contribution in [-0.2, 0) is 10.0 Å². The van der Waals surface area contributed by atoms with E-state index in [0.29, 0.717) is 17.1 Å². The second kappa shape index (κ2) is 10.2. The second-order valence-corrected chi connectivity index (χ2v) is 10.0. The zero-order valence-electron chi connectivity index (χ0n) is 21.3. The van der Waals surface area contributed by atoms with Gasteiger partial charge in [-0.3, -0.25) is 4.79 Å². The van der Waals surface area contributed by atoms with Gasteiger partial charge in [-0.2, -0.15) is 4.31 Å². The predicted molar refractivity (Wildman–Crippen MR) is 154 cm³/mol. The largest absolute Gasteiger partial charge is 0.497 e. The Morgan fingerprint density at radius 3 is 1.69 bits per heavy atom. The summed E-state index contributed by atoms with van der Waals surface area (Å²) in [5, 5.41) is 0. The van der Waals surface area contributed by atoms with Crippen molar-refractivity contribution in [2.24, 2.45) is 0 Å². The molecule has 0 N–H and O–H groups in total. The summed E-state index contributed by atoms with van der Waals surface area (Å²) in [6.45, 7) is 0. The van der Waals surface area contributed by atoms with Gasteiger partial charge in [0.05, 0.1) is 27.0 Å². The fourth-order valence-electron chi connectivity index (χ4n) is 4.09. The molecule has 13 heteroatoms. The van der Waals surface area contributed by atoms with E-state index in [9.17, 15) is 13.2 Å². The zero-order valence-corrected chi connectivity index (χ0v) is 22.2. The summed E-state index contributed by atoms with van der Waals surface area (Å²) in [4.78, 5) is 14.0. The van der Waals surface area contributed by atoms with E-state index in [-0.39, 0.29) is 16.3 Å². The van der Waals surface area contributed by atoms with Gasteiger partial charge < -0.3 is 14.2 Å². The van der Waals surface area contributed by atoms with Crippen LogP contribution in [0.25, 0.3) is 0 Å². The molecule has 3 rings (SSSR count). The van der Waals surface area contributed by atoms with E-state index in [1.165, 1.54) is 39.5 Å². The minimum atomic E-state index is -4.40. The number of ether oxygens (including phenoxy) is 3. The lowest BCUT2D eigenvalue weighted by atomic mass is 9.60. The molecule has 0 saturated carbocycles. The number of nitrogens with zero attached hydrogens (tertiary/aromatic N) is 1. The van der Waals surface area contributed by atoms with E-state index in [1.807, 2.05) is 39.2 Å². The van der Waals surface area contributed by atoms with Gasteiger partial charge in [0.25, 0.3) is 15.9 Å². The number of sulfonamides is 1. The first-order chi connectivity index (χ1) is 16.5. The third-order valence-electron chi connectivity index (χ3n) is 6.59. The third-order valence-corrected chi connectivity index (χ3v) is 8.34. The standard InChI is InChI=1S/C22H26B5NO6S/c1-32-12-6-4-11(5-7-12)28(22(29)16-17(23)19(25)21(27)20(26)18(16)24)35(30,31)15-9-8-13(33-2)10-14(15)34-3/h4-10H,23-27H2,1-3H3.